The Morgan fingerprint density at radius 2 is 2.03 bits per heavy atom. The topological polar surface area (TPSA) is 119 Å². The molecule has 10 heteroatoms. The van der Waals surface area contributed by atoms with E-state index in [0.717, 1.165) is 18.7 Å². The van der Waals surface area contributed by atoms with Crippen LogP contribution in [-0.2, 0) is 21.7 Å². The SMILES string of the molecule is CN1C[C@@H]2CCCc3cc(Nc4ncc(C#N)c(Nc5cccc(N=S(C)(C)=O)n5)n4)cc(c32)C1(C)C. The molecule has 2 aromatic heterocycles. The lowest BCUT2D eigenvalue weighted by molar-refractivity contribution is 0.122. The molecule has 3 aromatic rings. The monoisotopic (exact) mass is 516 g/mol. The van der Waals surface area contributed by atoms with Gasteiger partial charge in [0.25, 0.3) is 0 Å². The lowest BCUT2D eigenvalue weighted by Crippen LogP contribution is -2.46. The molecule has 192 valence electrons. The third-order valence-electron chi connectivity index (χ3n) is 7.24. The van der Waals surface area contributed by atoms with E-state index in [4.69, 9.17) is 0 Å². The second-order valence-corrected chi connectivity index (χ2v) is 13.1. The van der Waals surface area contributed by atoms with E-state index in [1.165, 1.54) is 35.7 Å². The molecule has 1 aliphatic carbocycles. The van der Waals surface area contributed by atoms with Crippen molar-refractivity contribution < 1.29 is 4.21 Å². The first-order chi connectivity index (χ1) is 17.5. The highest BCUT2D eigenvalue weighted by atomic mass is 32.2. The molecule has 1 aliphatic heterocycles. The van der Waals surface area contributed by atoms with Gasteiger partial charge in [-0.1, -0.05) is 6.07 Å². The predicted octanol–water partition coefficient (Wildman–Crippen LogP) is 5.19. The zero-order valence-electron chi connectivity index (χ0n) is 21.9. The molecular weight excluding hydrogens is 484 g/mol. The van der Waals surface area contributed by atoms with Crippen molar-refractivity contribution in [2.24, 2.45) is 4.36 Å². The molecular formula is C27H32N8OS. The third-order valence-corrected chi connectivity index (χ3v) is 7.87. The van der Waals surface area contributed by atoms with E-state index in [1.54, 1.807) is 30.7 Å². The summed E-state index contributed by atoms with van der Waals surface area (Å²) >= 11 is 0. The van der Waals surface area contributed by atoms with Gasteiger partial charge in [-0.05, 0) is 87.0 Å². The minimum absolute atomic E-state index is 0.0735. The van der Waals surface area contributed by atoms with E-state index >= 15 is 0 Å². The van der Waals surface area contributed by atoms with Crippen LogP contribution in [0.3, 0.4) is 0 Å². The highest BCUT2D eigenvalue weighted by Crippen LogP contribution is 2.46. The normalized spacial score (nSPS) is 18.4. The summed E-state index contributed by atoms with van der Waals surface area (Å²) in [4.78, 5) is 15.8. The van der Waals surface area contributed by atoms with Crippen LogP contribution in [-0.4, -0.2) is 50.2 Å². The van der Waals surface area contributed by atoms with Crippen LogP contribution in [0, 0.1) is 11.3 Å². The molecule has 37 heavy (non-hydrogen) atoms. The quantitative estimate of drug-likeness (QED) is 0.475. The van der Waals surface area contributed by atoms with Gasteiger partial charge in [-0.2, -0.15) is 14.6 Å². The molecule has 0 saturated carbocycles. The van der Waals surface area contributed by atoms with E-state index in [0.29, 0.717) is 29.3 Å². The van der Waals surface area contributed by atoms with Gasteiger partial charge in [-0.3, -0.25) is 4.90 Å². The van der Waals surface area contributed by atoms with E-state index in [1.807, 2.05) is 0 Å². The molecule has 0 unspecified atom stereocenters. The Bertz CT molecular complexity index is 1530. The second-order valence-electron chi connectivity index (χ2n) is 10.6. The van der Waals surface area contributed by atoms with Gasteiger partial charge >= 0.3 is 0 Å². The zero-order valence-corrected chi connectivity index (χ0v) is 22.7. The van der Waals surface area contributed by atoms with Crippen LogP contribution in [0.2, 0.25) is 0 Å². The maximum Gasteiger partial charge on any atom is 0.229 e. The standard InChI is InChI=1S/C27H32N8OS/c1-27(2)21-13-20(12-17-8-6-9-18(24(17)21)16-35(27)3)30-26-29-15-19(14-28)25(33-26)32-22-10-7-11-23(31-22)34-37(4,5)36/h7,10-13,15,18H,6,8-9,16H2,1-5H3,(H2,29,30,31,32,33)/t18-/m0/s1. The number of rotatable bonds is 5. The number of aryl methyl sites for hydroxylation is 1. The van der Waals surface area contributed by atoms with Crippen LogP contribution >= 0.6 is 0 Å². The summed E-state index contributed by atoms with van der Waals surface area (Å²) in [6, 6.07) is 11.8. The molecule has 0 fully saturated rings. The number of aromatic nitrogens is 3. The van der Waals surface area contributed by atoms with Crippen molar-refractivity contribution in [2.75, 3.05) is 36.7 Å². The fourth-order valence-electron chi connectivity index (χ4n) is 5.25. The molecule has 0 bridgehead atoms. The Kier molecular flexibility index (Phi) is 6.38. The van der Waals surface area contributed by atoms with Gasteiger partial charge in [0.1, 0.15) is 17.5 Å². The highest BCUT2D eigenvalue weighted by Gasteiger charge is 2.39. The molecule has 3 heterocycles. The van der Waals surface area contributed by atoms with Crippen molar-refractivity contribution in [3.05, 3.63) is 58.8 Å². The lowest BCUT2D eigenvalue weighted by Gasteiger charge is -2.47. The molecule has 1 atom stereocenters. The summed E-state index contributed by atoms with van der Waals surface area (Å²) < 4.78 is 16.2. The molecule has 0 amide bonds. The summed E-state index contributed by atoms with van der Waals surface area (Å²) in [6.07, 6.45) is 8.10. The van der Waals surface area contributed by atoms with Gasteiger partial charge in [0.2, 0.25) is 5.95 Å². The number of hydrogen-bond donors (Lipinski definition) is 2. The average Bonchev–Trinajstić information content (AvgIpc) is 2.82. The molecule has 0 saturated heterocycles. The summed E-state index contributed by atoms with van der Waals surface area (Å²) in [6.45, 7) is 5.64. The van der Waals surface area contributed by atoms with Crippen molar-refractivity contribution in [1.82, 2.24) is 19.9 Å². The number of likely N-dealkylation sites (N-methyl/N-ethyl adjacent to an activating group) is 1. The fraction of sp³-hybridized carbons (Fsp3) is 0.407. The van der Waals surface area contributed by atoms with E-state index in [9.17, 15) is 9.47 Å². The molecule has 5 rings (SSSR count). The van der Waals surface area contributed by atoms with Gasteiger partial charge in [0.15, 0.2) is 11.6 Å². The minimum atomic E-state index is -2.35. The van der Waals surface area contributed by atoms with Crippen molar-refractivity contribution >= 4 is 38.8 Å². The Hall–Kier alpha value is -3.55. The Morgan fingerprint density at radius 1 is 1.22 bits per heavy atom. The fourth-order valence-corrected chi connectivity index (χ4v) is 5.80. The van der Waals surface area contributed by atoms with Crippen LogP contribution in [0.1, 0.15) is 54.9 Å². The largest absolute Gasteiger partial charge is 0.324 e. The van der Waals surface area contributed by atoms with Gasteiger partial charge in [-0.15, -0.1) is 0 Å². The van der Waals surface area contributed by atoms with Crippen molar-refractivity contribution in [2.45, 2.75) is 44.6 Å². The molecule has 9 nitrogen and oxygen atoms in total. The number of hydrogen-bond acceptors (Lipinski definition) is 9. The predicted molar refractivity (Wildman–Crippen MR) is 147 cm³/mol. The molecule has 2 aliphatic rings. The van der Waals surface area contributed by atoms with Gasteiger partial charge in [0, 0.05) is 40.0 Å². The number of nitrogens with one attached hydrogen (secondary N) is 2. The molecule has 0 spiro atoms. The minimum Gasteiger partial charge on any atom is -0.324 e. The zero-order chi connectivity index (χ0) is 26.4. The first kappa shape index (κ1) is 25.1. The summed E-state index contributed by atoms with van der Waals surface area (Å²) in [5.74, 6) is 2.09. The lowest BCUT2D eigenvalue weighted by atomic mass is 9.71. The van der Waals surface area contributed by atoms with Crippen molar-refractivity contribution in [1.29, 1.82) is 5.26 Å². The number of benzene rings is 1. The van der Waals surface area contributed by atoms with Crippen molar-refractivity contribution in [3.8, 4) is 6.07 Å². The van der Waals surface area contributed by atoms with Gasteiger partial charge < -0.3 is 10.6 Å². The summed E-state index contributed by atoms with van der Waals surface area (Å²) in [7, 11) is -0.148. The molecule has 1 aromatic carbocycles. The number of nitrogens with zero attached hydrogens (tertiary/aromatic N) is 6. The maximum atomic E-state index is 12.1. The van der Waals surface area contributed by atoms with E-state index in [-0.39, 0.29) is 11.1 Å². The van der Waals surface area contributed by atoms with Crippen LogP contribution in [0.15, 0.2) is 40.9 Å². The Morgan fingerprint density at radius 3 is 2.78 bits per heavy atom. The molecule has 0 radical (unpaired) electrons. The molecule has 2 N–H and O–H groups in total. The Balaban J connectivity index is 1.48. The van der Waals surface area contributed by atoms with E-state index in [2.05, 4.69) is 73.9 Å². The number of nitriles is 1. The van der Waals surface area contributed by atoms with Gasteiger partial charge in [0.05, 0.1) is 6.20 Å². The smallest absolute Gasteiger partial charge is 0.229 e. The van der Waals surface area contributed by atoms with Crippen LogP contribution < -0.4 is 10.6 Å². The average molecular weight is 517 g/mol. The van der Waals surface area contributed by atoms with Crippen molar-refractivity contribution in [3.63, 3.8) is 0 Å². The number of anilines is 4. The summed E-state index contributed by atoms with van der Waals surface area (Å²) in [5.41, 5.74) is 5.42. The van der Waals surface area contributed by atoms with Crippen LogP contribution in [0.4, 0.5) is 29.1 Å². The van der Waals surface area contributed by atoms with Crippen LogP contribution in [0.25, 0.3) is 0 Å². The van der Waals surface area contributed by atoms with E-state index < -0.39 is 9.73 Å². The second kappa shape index (κ2) is 9.39. The first-order valence-electron chi connectivity index (χ1n) is 12.4. The number of pyridine rings is 1. The van der Waals surface area contributed by atoms with Crippen LogP contribution in [0.5, 0.6) is 0 Å². The Labute approximate surface area is 218 Å². The third kappa shape index (κ3) is 5.15. The first-order valence-corrected chi connectivity index (χ1v) is 14.7. The van der Waals surface area contributed by atoms with Gasteiger partial charge in [-0.25, -0.2) is 14.2 Å². The highest BCUT2D eigenvalue weighted by molar-refractivity contribution is 7.92. The summed E-state index contributed by atoms with van der Waals surface area (Å²) in [5, 5.41) is 16.1. The maximum absolute atomic E-state index is 12.1.